The number of nitrogen functional groups attached to an aromatic ring is 1. The van der Waals surface area contributed by atoms with E-state index in [1.54, 1.807) is 0 Å². The van der Waals surface area contributed by atoms with Crippen molar-refractivity contribution in [2.45, 2.75) is 63.8 Å². The Morgan fingerprint density at radius 1 is 1.20 bits per heavy atom. The van der Waals surface area contributed by atoms with Crippen molar-refractivity contribution in [2.75, 3.05) is 5.73 Å². The summed E-state index contributed by atoms with van der Waals surface area (Å²) in [6.45, 7) is 2.10. The standard InChI is InChI=1S/C17H26N2O/c1-13(14-8-10-15(18)11-9-14)12-17(20)19-16-6-4-2-3-5-7-16/h8-11,13,16H,2-7,12,18H2,1H3,(H,19,20). The number of nitrogens with one attached hydrogen (secondary N) is 1. The van der Waals surface area contributed by atoms with Crippen LogP contribution in [0.25, 0.3) is 0 Å². The van der Waals surface area contributed by atoms with E-state index in [0.717, 1.165) is 18.5 Å². The van der Waals surface area contributed by atoms with Crippen LogP contribution in [0.4, 0.5) is 5.69 Å². The SMILES string of the molecule is CC(CC(=O)NC1CCCCCC1)c1ccc(N)cc1. The molecule has 1 aliphatic rings. The summed E-state index contributed by atoms with van der Waals surface area (Å²) in [5, 5.41) is 3.21. The zero-order valence-electron chi connectivity index (χ0n) is 12.4. The van der Waals surface area contributed by atoms with Crippen LogP contribution in [0.5, 0.6) is 0 Å². The Hall–Kier alpha value is -1.51. The highest BCUT2D eigenvalue weighted by atomic mass is 16.1. The first kappa shape index (κ1) is 14.9. The molecule has 2 rings (SSSR count). The second kappa shape index (κ2) is 7.32. The normalized spacial score (nSPS) is 18.2. The summed E-state index contributed by atoms with van der Waals surface area (Å²) < 4.78 is 0. The number of hydrogen-bond acceptors (Lipinski definition) is 2. The number of amides is 1. The van der Waals surface area contributed by atoms with Gasteiger partial charge in [0, 0.05) is 18.2 Å². The van der Waals surface area contributed by atoms with Gasteiger partial charge in [0.1, 0.15) is 0 Å². The number of hydrogen-bond donors (Lipinski definition) is 2. The summed E-state index contributed by atoms with van der Waals surface area (Å²) in [6, 6.07) is 8.21. The van der Waals surface area contributed by atoms with Gasteiger partial charge < -0.3 is 11.1 Å². The molecule has 0 heterocycles. The summed E-state index contributed by atoms with van der Waals surface area (Å²) >= 11 is 0. The molecule has 0 saturated heterocycles. The lowest BCUT2D eigenvalue weighted by atomic mass is 9.97. The molecule has 1 saturated carbocycles. The third kappa shape index (κ3) is 4.55. The van der Waals surface area contributed by atoms with E-state index in [0.29, 0.717) is 12.5 Å². The minimum absolute atomic E-state index is 0.182. The van der Waals surface area contributed by atoms with Gasteiger partial charge in [-0.2, -0.15) is 0 Å². The molecule has 3 N–H and O–H groups in total. The molecule has 110 valence electrons. The van der Waals surface area contributed by atoms with Crippen molar-refractivity contribution in [3.63, 3.8) is 0 Å². The molecule has 20 heavy (non-hydrogen) atoms. The monoisotopic (exact) mass is 274 g/mol. The average Bonchev–Trinajstić information content (AvgIpc) is 2.68. The van der Waals surface area contributed by atoms with Crippen LogP contribution in [-0.4, -0.2) is 11.9 Å². The van der Waals surface area contributed by atoms with Gasteiger partial charge in [-0.15, -0.1) is 0 Å². The van der Waals surface area contributed by atoms with E-state index in [9.17, 15) is 4.79 Å². The van der Waals surface area contributed by atoms with E-state index >= 15 is 0 Å². The number of rotatable bonds is 4. The van der Waals surface area contributed by atoms with E-state index < -0.39 is 0 Å². The molecule has 0 radical (unpaired) electrons. The van der Waals surface area contributed by atoms with Crippen LogP contribution in [0.2, 0.25) is 0 Å². The lowest BCUT2D eigenvalue weighted by molar-refractivity contribution is -0.122. The Labute approximate surface area is 121 Å². The highest BCUT2D eigenvalue weighted by Crippen LogP contribution is 2.21. The summed E-state index contributed by atoms with van der Waals surface area (Å²) in [4.78, 5) is 12.1. The highest BCUT2D eigenvalue weighted by molar-refractivity contribution is 5.77. The van der Waals surface area contributed by atoms with Gasteiger partial charge in [0.05, 0.1) is 0 Å². The van der Waals surface area contributed by atoms with Gasteiger partial charge in [0.15, 0.2) is 0 Å². The van der Waals surface area contributed by atoms with Crippen molar-refractivity contribution in [1.29, 1.82) is 0 Å². The molecule has 0 spiro atoms. The Morgan fingerprint density at radius 2 is 1.80 bits per heavy atom. The van der Waals surface area contributed by atoms with Crippen molar-refractivity contribution in [1.82, 2.24) is 5.32 Å². The second-order valence-corrected chi connectivity index (χ2v) is 6.03. The summed E-state index contributed by atoms with van der Waals surface area (Å²) in [5.41, 5.74) is 7.63. The van der Waals surface area contributed by atoms with Crippen LogP contribution in [0.1, 0.15) is 63.4 Å². The number of benzene rings is 1. The van der Waals surface area contributed by atoms with Gasteiger partial charge >= 0.3 is 0 Å². The van der Waals surface area contributed by atoms with Gasteiger partial charge in [-0.1, -0.05) is 44.7 Å². The molecule has 1 aromatic rings. The molecule has 1 amide bonds. The molecule has 1 atom stereocenters. The fraction of sp³-hybridized carbons (Fsp3) is 0.588. The maximum Gasteiger partial charge on any atom is 0.220 e. The van der Waals surface area contributed by atoms with Crippen LogP contribution in [0, 0.1) is 0 Å². The first-order chi connectivity index (χ1) is 9.65. The maximum absolute atomic E-state index is 12.1. The third-order valence-electron chi connectivity index (χ3n) is 4.22. The van der Waals surface area contributed by atoms with Crippen LogP contribution in [-0.2, 0) is 4.79 Å². The largest absolute Gasteiger partial charge is 0.399 e. The molecule has 1 aromatic carbocycles. The molecule has 3 nitrogen and oxygen atoms in total. The summed E-state index contributed by atoms with van der Waals surface area (Å²) in [5.74, 6) is 0.419. The third-order valence-corrected chi connectivity index (χ3v) is 4.22. The topological polar surface area (TPSA) is 55.1 Å². The Morgan fingerprint density at radius 3 is 2.40 bits per heavy atom. The van der Waals surface area contributed by atoms with Crippen molar-refractivity contribution in [3.05, 3.63) is 29.8 Å². The molecule has 1 fully saturated rings. The first-order valence-electron chi connectivity index (χ1n) is 7.80. The van der Waals surface area contributed by atoms with Gasteiger partial charge in [0.2, 0.25) is 5.91 Å². The van der Waals surface area contributed by atoms with Crippen LogP contribution in [0.15, 0.2) is 24.3 Å². The predicted molar refractivity (Wildman–Crippen MR) is 83.5 cm³/mol. The molecule has 1 aliphatic carbocycles. The summed E-state index contributed by atoms with van der Waals surface area (Å²) in [7, 11) is 0. The van der Waals surface area contributed by atoms with E-state index in [4.69, 9.17) is 5.73 Å². The predicted octanol–water partition coefficient (Wildman–Crippen LogP) is 3.60. The Kier molecular flexibility index (Phi) is 5.45. The van der Waals surface area contributed by atoms with Gasteiger partial charge in [0.25, 0.3) is 0 Å². The van der Waals surface area contributed by atoms with Crippen LogP contribution < -0.4 is 11.1 Å². The lowest BCUT2D eigenvalue weighted by Crippen LogP contribution is -2.34. The van der Waals surface area contributed by atoms with Crippen molar-refractivity contribution in [3.8, 4) is 0 Å². The smallest absolute Gasteiger partial charge is 0.220 e. The Balaban J connectivity index is 1.82. The van der Waals surface area contributed by atoms with E-state index in [1.807, 2.05) is 24.3 Å². The van der Waals surface area contributed by atoms with Crippen LogP contribution >= 0.6 is 0 Å². The zero-order chi connectivity index (χ0) is 14.4. The maximum atomic E-state index is 12.1. The minimum Gasteiger partial charge on any atom is -0.399 e. The van der Waals surface area contributed by atoms with Gasteiger partial charge in [-0.25, -0.2) is 0 Å². The Bertz CT molecular complexity index is 419. The van der Waals surface area contributed by atoms with Crippen LogP contribution in [0.3, 0.4) is 0 Å². The first-order valence-corrected chi connectivity index (χ1v) is 7.80. The van der Waals surface area contributed by atoms with Gasteiger partial charge in [-0.3, -0.25) is 4.79 Å². The second-order valence-electron chi connectivity index (χ2n) is 6.03. The van der Waals surface area contributed by atoms with Crippen molar-refractivity contribution in [2.24, 2.45) is 0 Å². The number of carbonyl (C=O) groups excluding carboxylic acids is 1. The lowest BCUT2D eigenvalue weighted by Gasteiger charge is -2.18. The number of carbonyl (C=O) groups is 1. The van der Waals surface area contributed by atoms with Gasteiger partial charge in [-0.05, 0) is 36.5 Å². The molecule has 0 aliphatic heterocycles. The van der Waals surface area contributed by atoms with Crippen molar-refractivity contribution < 1.29 is 4.79 Å². The van der Waals surface area contributed by atoms with E-state index in [1.165, 1.54) is 31.2 Å². The fourth-order valence-corrected chi connectivity index (χ4v) is 2.93. The highest BCUT2D eigenvalue weighted by Gasteiger charge is 2.17. The van der Waals surface area contributed by atoms with Crippen molar-refractivity contribution >= 4 is 11.6 Å². The molecule has 1 unspecified atom stereocenters. The van der Waals surface area contributed by atoms with E-state index in [2.05, 4.69) is 12.2 Å². The number of nitrogens with two attached hydrogens (primary N) is 1. The molecular weight excluding hydrogens is 248 g/mol. The fourth-order valence-electron chi connectivity index (χ4n) is 2.93. The quantitative estimate of drug-likeness (QED) is 0.651. The number of anilines is 1. The minimum atomic E-state index is 0.182. The molecule has 3 heteroatoms. The molecular formula is C17H26N2O. The molecule has 0 bridgehead atoms. The average molecular weight is 274 g/mol. The molecule has 0 aromatic heterocycles. The zero-order valence-corrected chi connectivity index (χ0v) is 12.4. The summed E-state index contributed by atoms with van der Waals surface area (Å²) in [6.07, 6.45) is 7.96. The van der Waals surface area contributed by atoms with E-state index in [-0.39, 0.29) is 11.8 Å².